The number of morpholine rings is 1. The molecule has 8 nitrogen and oxygen atoms in total. The largest absolute Gasteiger partial charge is 0.380 e. The van der Waals surface area contributed by atoms with E-state index in [4.69, 9.17) is 21.1 Å². The molecule has 0 spiro atoms. The van der Waals surface area contributed by atoms with Gasteiger partial charge in [0.05, 0.1) is 41.5 Å². The Morgan fingerprint density at radius 2 is 1.85 bits per heavy atom. The van der Waals surface area contributed by atoms with E-state index < -0.39 is 10.0 Å². The topological polar surface area (TPSA) is 101 Å². The number of fused-ring (bicyclic) bond motifs is 1. The summed E-state index contributed by atoms with van der Waals surface area (Å²) in [5.41, 5.74) is 3.37. The van der Waals surface area contributed by atoms with Gasteiger partial charge in [-0.3, -0.25) is 4.79 Å². The number of amides is 1. The molecule has 1 unspecified atom stereocenters. The van der Waals surface area contributed by atoms with Crippen LogP contribution in [0, 0.1) is 11.8 Å². The molecule has 40 heavy (non-hydrogen) atoms. The molecule has 2 N–H and O–H groups in total. The maximum absolute atomic E-state index is 13.3. The summed E-state index contributed by atoms with van der Waals surface area (Å²) in [4.78, 5) is 18.9. The first kappa shape index (κ1) is 27.7. The van der Waals surface area contributed by atoms with E-state index in [9.17, 15) is 13.2 Å². The van der Waals surface area contributed by atoms with Crippen molar-refractivity contribution in [2.24, 2.45) is 11.8 Å². The van der Waals surface area contributed by atoms with E-state index in [1.54, 1.807) is 25.3 Å². The smallest absolute Gasteiger partial charge is 0.240 e. The van der Waals surface area contributed by atoms with Gasteiger partial charge in [0.25, 0.3) is 0 Å². The van der Waals surface area contributed by atoms with Crippen molar-refractivity contribution < 1.29 is 22.7 Å². The summed E-state index contributed by atoms with van der Waals surface area (Å²) >= 11 is 6.68. The van der Waals surface area contributed by atoms with Crippen molar-refractivity contribution in [1.82, 2.24) is 14.6 Å². The monoisotopic (exact) mass is 585 g/mol. The third-order valence-corrected chi connectivity index (χ3v) is 10.5. The number of sulfonamides is 1. The number of halogens is 1. The molecule has 1 atom stereocenters. The summed E-state index contributed by atoms with van der Waals surface area (Å²) in [5.74, 6) is 0.760. The molecule has 2 aliphatic carbocycles. The van der Waals surface area contributed by atoms with Crippen molar-refractivity contribution in [3.8, 4) is 11.3 Å². The summed E-state index contributed by atoms with van der Waals surface area (Å²) in [7, 11) is -2.08. The van der Waals surface area contributed by atoms with Gasteiger partial charge in [-0.2, -0.15) is 0 Å². The second-order valence-electron chi connectivity index (χ2n) is 11.3. The number of carbonyl (C=O) groups is 1. The van der Waals surface area contributed by atoms with Gasteiger partial charge in [0, 0.05) is 36.5 Å². The third-order valence-electron chi connectivity index (χ3n) is 8.58. The van der Waals surface area contributed by atoms with E-state index in [2.05, 4.69) is 14.6 Å². The van der Waals surface area contributed by atoms with Crippen molar-refractivity contribution >= 4 is 38.4 Å². The second-order valence-corrected chi connectivity index (χ2v) is 13.4. The van der Waals surface area contributed by atoms with Crippen molar-refractivity contribution in [1.29, 1.82) is 0 Å². The van der Waals surface area contributed by atoms with Crippen LogP contribution in [0.25, 0.3) is 22.2 Å². The van der Waals surface area contributed by atoms with Gasteiger partial charge < -0.3 is 19.4 Å². The van der Waals surface area contributed by atoms with Crippen LogP contribution in [0.5, 0.6) is 0 Å². The van der Waals surface area contributed by atoms with Crippen LogP contribution in [0.2, 0.25) is 5.02 Å². The quantitative estimate of drug-likeness (QED) is 0.383. The molecule has 1 aliphatic heterocycles. The maximum Gasteiger partial charge on any atom is 0.240 e. The SMILES string of the molecule is COCc1ccc(-c2[nH]c3cc(S(=O)(=O)NC4CCC(C(=O)N5CCOCC5C5CC5)CC4)ccc3c2Cl)cc1. The highest BCUT2D eigenvalue weighted by molar-refractivity contribution is 7.89. The van der Waals surface area contributed by atoms with Gasteiger partial charge in [-0.05, 0) is 73.8 Å². The van der Waals surface area contributed by atoms with E-state index in [-0.39, 0.29) is 28.8 Å². The van der Waals surface area contributed by atoms with Crippen LogP contribution >= 0.6 is 11.6 Å². The lowest BCUT2D eigenvalue weighted by molar-refractivity contribution is -0.146. The highest BCUT2D eigenvalue weighted by Crippen LogP contribution is 2.39. The fraction of sp³-hybridized carbons (Fsp3) is 0.500. The number of H-pyrrole nitrogens is 1. The van der Waals surface area contributed by atoms with Crippen LogP contribution in [0.3, 0.4) is 0 Å². The van der Waals surface area contributed by atoms with Gasteiger partial charge in [-0.15, -0.1) is 0 Å². The van der Waals surface area contributed by atoms with E-state index in [0.29, 0.717) is 68.5 Å². The molecule has 1 aromatic heterocycles. The average molecular weight is 586 g/mol. The minimum absolute atomic E-state index is 0.0421. The molecule has 2 saturated carbocycles. The molecular weight excluding hydrogens is 550 g/mol. The minimum Gasteiger partial charge on any atom is -0.380 e. The highest BCUT2D eigenvalue weighted by atomic mass is 35.5. The summed E-state index contributed by atoms with van der Waals surface area (Å²) in [6.07, 6.45) is 5.03. The van der Waals surface area contributed by atoms with Gasteiger partial charge in [-0.25, -0.2) is 13.1 Å². The first-order valence-electron chi connectivity index (χ1n) is 14.1. The fourth-order valence-corrected chi connectivity index (χ4v) is 7.84. The molecule has 6 rings (SSSR count). The fourth-order valence-electron chi connectivity index (χ4n) is 6.19. The lowest BCUT2D eigenvalue weighted by atomic mass is 9.85. The lowest BCUT2D eigenvalue weighted by Gasteiger charge is -2.39. The van der Waals surface area contributed by atoms with Crippen molar-refractivity contribution in [2.75, 3.05) is 26.9 Å². The number of ether oxygens (including phenoxy) is 2. The van der Waals surface area contributed by atoms with E-state index in [1.165, 1.54) is 12.8 Å². The minimum atomic E-state index is -3.74. The number of benzene rings is 2. The molecule has 10 heteroatoms. The zero-order chi connectivity index (χ0) is 27.9. The second kappa shape index (κ2) is 11.4. The number of aromatic amines is 1. The Morgan fingerprint density at radius 1 is 1.10 bits per heavy atom. The summed E-state index contributed by atoms with van der Waals surface area (Å²) in [6, 6.07) is 12.9. The molecule has 1 saturated heterocycles. The van der Waals surface area contributed by atoms with Gasteiger partial charge in [0.2, 0.25) is 15.9 Å². The molecule has 3 fully saturated rings. The Morgan fingerprint density at radius 3 is 2.55 bits per heavy atom. The van der Waals surface area contributed by atoms with Crippen molar-refractivity contribution in [3.63, 3.8) is 0 Å². The first-order chi connectivity index (χ1) is 19.3. The summed E-state index contributed by atoms with van der Waals surface area (Å²) < 4.78 is 40.4. The van der Waals surface area contributed by atoms with Crippen molar-refractivity contribution in [2.45, 2.75) is 62.1 Å². The number of hydrogen-bond donors (Lipinski definition) is 2. The Bertz CT molecular complexity index is 1480. The lowest BCUT2D eigenvalue weighted by Crippen LogP contribution is -2.52. The predicted octanol–water partition coefficient (Wildman–Crippen LogP) is 5.11. The van der Waals surface area contributed by atoms with Gasteiger partial charge in [-0.1, -0.05) is 35.9 Å². The molecule has 3 aliphatic rings. The van der Waals surface area contributed by atoms with Crippen LogP contribution in [0.15, 0.2) is 47.4 Å². The molecule has 3 aromatic rings. The maximum atomic E-state index is 13.3. The zero-order valence-corrected chi connectivity index (χ0v) is 24.3. The van der Waals surface area contributed by atoms with E-state index >= 15 is 0 Å². The molecule has 214 valence electrons. The van der Waals surface area contributed by atoms with Crippen LogP contribution < -0.4 is 4.72 Å². The number of carbonyl (C=O) groups excluding carboxylic acids is 1. The van der Waals surface area contributed by atoms with Crippen LogP contribution in [0.4, 0.5) is 0 Å². The Labute approximate surface area is 240 Å². The predicted molar refractivity (Wildman–Crippen MR) is 155 cm³/mol. The Kier molecular flexibility index (Phi) is 7.94. The zero-order valence-electron chi connectivity index (χ0n) is 22.7. The molecule has 0 bridgehead atoms. The molecule has 2 heterocycles. The van der Waals surface area contributed by atoms with Crippen LogP contribution in [0.1, 0.15) is 44.1 Å². The van der Waals surface area contributed by atoms with Crippen LogP contribution in [-0.2, 0) is 30.9 Å². The summed E-state index contributed by atoms with van der Waals surface area (Å²) in [6.45, 7) is 2.44. The molecular formula is C30H36ClN3O5S. The third kappa shape index (κ3) is 5.67. The van der Waals surface area contributed by atoms with Gasteiger partial charge in [0.15, 0.2) is 0 Å². The number of hydrogen-bond acceptors (Lipinski definition) is 5. The molecule has 1 amide bonds. The highest BCUT2D eigenvalue weighted by Gasteiger charge is 2.41. The number of aromatic nitrogens is 1. The number of nitrogens with zero attached hydrogens (tertiary/aromatic N) is 1. The number of rotatable bonds is 8. The number of methoxy groups -OCH3 is 1. The first-order valence-corrected chi connectivity index (χ1v) is 16.0. The van der Waals surface area contributed by atoms with E-state index in [1.807, 2.05) is 24.3 Å². The van der Waals surface area contributed by atoms with Gasteiger partial charge in [0.1, 0.15) is 0 Å². The van der Waals surface area contributed by atoms with Gasteiger partial charge >= 0.3 is 0 Å². The van der Waals surface area contributed by atoms with E-state index in [0.717, 1.165) is 22.2 Å². The normalized spacial score (nSPS) is 23.9. The Hall–Kier alpha value is -2.43. The van der Waals surface area contributed by atoms with Crippen LogP contribution in [-0.4, -0.2) is 63.2 Å². The average Bonchev–Trinajstić information content (AvgIpc) is 3.77. The number of nitrogens with one attached hydrogen (secondary N) is 2. The Balaban J connectivity index is 1.11. The summed E-state index contributed by atoms with van der Waals surface area (Å²) in [5, 5.41) is 1.32. The molecule has 0 radical (unpaired) electrons. The standard InChI is InChI=1S/C30H36ClN3O5S/c1-38-17-19-2-4-21(5-3-19)29-28(31)25-13-12-24(16-26(25)32-29)40(36,37)33-23-10-8-22(9-11-23)30(35)34-14-15-39-18-27(34)20-6-7-20/h2-5,12-13,16,20,22-23,27,32-33H,6-11,14-15,17-18H2,1H3. The van der Waals surface area contributed by atoms with Crippen molar-refractivity contribution in [3.05, 3.63) is 53.1 Å². The molecule has 2 aromatic carbocycles.